The van der Waals surface area contributed by atoms with Crippen molar-refractivity contribution in [2.24, 2.45) is 0 Å². The standard InChI is InChI=1S/C15H21N3/c1-3-11-18-12-15(13(2)17-18)16-10-9-14-7-5-4-6-8-14/h4-8,12,16H,3,9-11H2,1-2H3. The van der Waals surface area contributed by atoms with Gasteiger partial charge in [0.2, 0.25) is 0 Å². The molecule has 1 N–H and O–H groups in total. The third kappa shape index (κ3) is 3.36. The lowest BCUT2D eigenvalue weighted by Gasteiger charge is -2.04. The maximum atomic E-state index is 4.48. The zero-order valence-corrected chi connectivity index (χ0v) is 11.2. The van der Waals surface area contributed by atoms with Crippen LogP contribution in [0, 0.1) is 6.92 Å². The number of aromatic nitrogens is 2. The summed E-state index contributed by atoms with van der Waals surface area (Å²) < 4.78 is 2.01. The SMILES string of the molecule is CCCn1cc(NCCc2ccccc2)c(C)n1. The molecule has 1 aromatic heterocycles. The highest BCUT2D eigenvalue weighted by molar-refractivity contribution is 5.45. The van der Waals surface area contributed by atoms with E-state index in [0.29, 0.717) is 0 Å². The molecule has 18 heavy (non-hydrogen) atoms. The first-order chi connectivity index (χ1) is 8.79. The smallest absolute Gasteiger partial charge is 0.0825 e. The van der Waals surface area contributed by atoms with Crippen molar-refractivity contribution in [1.29, 1.82) is 0 Å². The van der Waals surface area contributed by atoms with Gasteiger partial charge in [-0.05, 0) is 25.3 Å². The van der Waals surface area contributed by atoms with Crippen LogP contribution >= 0.6 is 0 Å². The van der Waals surface area contributed by atoms with Crippen molar-refractivity contribution in [2.45, 2.75) is 33.2 Å². The van der Waals surface area contributed by atoms with Crippen LogP contribution in [-0.4, -0.2) is 16.3 Å². The lowest BCUT2D eigenvalue weighted by Crippen LogP contribution is -2.04. The molecule has 0 unspecified atom stereocenters. The summed E-state index contributed by atoms with van der Waals surface area (Å²) in [7, 11) is 0. The molecular weight excluding hydrogens is 222 g/mol. The van der Waals surface area contributed by atoms with Crippen molar-refractivity contribution in [3.8, 4) is 0 Å². The number of nitrogens with one attached hydrogen (secondary N) is 1. The minimum absolute atomic E-state index is 0.947. The number of anilines is 1. The van der Waals surface area contributed by atoms with Crippen LogP contribution in [-0.2, 0) is 13.0 Å². The van der Waals surface area contributed by atoms with E-state index in [9.17, 15) is 0 Å². The Balaban J connectivity index is 1.86. The lowest BCUT2D eigenvalue weighted by molar-refractivity contribution is 0.598. The summed E-state index contributed by atoms with van der Waals surface area (Å²) in [4.78, 5) is 0. The Kier molecular flexibility index (Phi) is 4.40. The molecule has 3 nitrogen and oxygen atoms in total. The number of aryl methyl sites for hydroxylation is 2. The van der Waals surface area contributed by atoms with E-state index in [2.05, 4.69) is 60.8 Å². The lowest BCUT2D eigenvalue weighted by atomic mass is 10.1. The number of rotatable bonds is 6. The molecule has 0 saturated heterocycles. The second kappa shape index (κ2) is 6.24. The van der Waals surface area contributed by atoms with Gasteiger partial charge in [-0.3, -0.25) is 4.68 Å². The zero-order chi connectivity index (χ0) is 12.8. The van der Waals surface area contributed by atoms with Crippen LogP contribution in [0.1, 0.15) is 24.6 Å². The first-order valence-corrected chi connectivity index (χ1v) is 6.61. The Morgan fingerprint density at radius 2 is 2.00 bits per heavy atom. The molecule has 0 aliphatic rings. The van der Waals surface area contributed by atoms with Gasteiger partial charge in [0.1, 0.15) is 0 Å². The molecule has 2 aromatic rings. The molecular formula is C15H21N3. The van der Waals surface area contributed by atoms with E-state index in [1.165, 1.54) is 5.56 Å². The van der Waals surface area contributed by atoms with E-state index in [0.717, 1.165) is 37.3 Å². The van der Waals surface area contributed by atoms with E-state index in [-0.39, 0.29) is 0 Å². The Bertz CT molecular complexity index is 474. The van der Waals surface area contributed by atoms with Crippen molar-refractivity contribution < 1.29 is 0 Å². The molecule has 0 amide bonds. The molecule has 0 aliphatic heterocycles. The second-order valence-electron chi connectivity index (χ2n) is 4.55. The van der Waals surface area contributed by atoms with Crippen molar-refractivity contribution in [2.75, 3.05) is 11.9 Å². The van der Waals surface area contributed by atoms with Gasteiger partial charge in [0, 0.05) is 19.3 Å². The Morgan fingerprint density at radius 1 is 1.22 bits per heavy atom. The van der Waals surface area contributed by atoms with Gasteiger partial charge >= 0.3 is 0 Å². The Labute approximate surface area is 109 Å². The Morgan fingerprint density at radius 3 is 2.72 bits per heavy atom. The van der Waals surface area contributed by atoms with Crippen LogP contribution in [0.4, 0.5) is 5.69 Å². The summed E-state index contributed by atoms with van der Waals surface area (Å²) in [6.07, 6.45) is 4.26. The van der Waals surface area contributed by atoms with Crippen molar-refractivity contribution in [1.82, 2.24) is 9.78 Å². The van der Waals surface area contributed by atoms with E-state index in [4.69, 9.17) is 0 Å². The summed E-state index contributed by atoms with van der Waals surface area (Å²) in [5.41, 5.74) is 3.60. The normalized spacial score (nSPS) is 10.6. The van der Waals surface area contributed by atoms with Gasteiger partial charge in [-0.15, -0.1) is 0 Å². The molecule has 3 heteroatoms. The maximum Gasteiger partial charge on any atom is 0.0825 e. The van der Waals surface area contributed by atoms with Gasteiger partial charge < -0.3 is 5.32 Å². The first-order valence-electron chi connectivity index (χ1n) is 6.61. The van der Waals surface area contributed by atoms with Crippen molar-refractivity contribution in [3.63, 3.8) is 0 Å². The average Bonchev–Trinajstić information content (AvgIpc) is 2.72. The van der Waals surface area contributed by atoms with Crippen LogP contribution < -0.4 is 5.32 Å². The third-order valence-electron chi connectivity index (χ3n) is 2.97. The molecule has 0 spiro atoms. The van der Waals surface area contributed by atoms with E-state index in [1.54, 1.807) is 0 Å². The van der Waals surface area contributed by atoms with Gasteiger partial charge in [-0.25, -0.2) is 0 Å². The van der Waals surface area contributed by atoms with Crippen LogP contribution in [0.3, 0.4) is 0 Å². The topological polar surface area (TPSA) is 29.9 Å². The summed E-state index contributed by atoms with van der Waals surface area (Å²) in [6, 6.07) is 10.5. The second-order valence-corrected chi connectivity index (χ2v) is 4.55. The van der Waals surface area contributed by atoms with E-state index < -0.39 is 0 Å². The molecule has 0 aliphatic carbocycles. The molecule has 0 fully saturated rings. The fraction of sp³-hybridized carbons (Fsp3) is 0.400. The zero-order valence-electron chi connectivity index (χ0n) is 11.2. The number of benzene rings is 1. The fourth-order valence-corrected chi connectivity index (χ4v) is 2.02. The summed E-state index contributed by atoms with van der Waals surface area (Å²) in [6.45, 7) is 6.15. The predicted octanol–water partition coefficient (Wildman–Crippen LogP) is 3.26. The minimum atomic E-state index is 0.947. The number of hydrogen-bond donors (Lipinski definition) is 1. The highest BCUT2D eigenvalue weighted by Crippen LogP contribution is 2.12. The maximum absolute atomic E-state index is 4.48. The predicted molar refractivity (Wildman–Crippen MR) is 75.9 cm³/mol. The third-order valence-corrected chi connectivity index (χ3v) is 2.97. The molecule has 1 aromatic carbocycles. The Hall–Kier alpha value is -1.77. The van der Waals surface area contributed by atoms with Crippen molar-refractivity contribution >= 4 is 5.69 Å². The molecule has 0 bridgehead atoms. The largest absolute Gasteiger partial charge is 0.382 e. The molecule has 2 rings (SSSR count). The molecule has 96 valence electrons. The highest BCUT2D eigenvalue weighted by atomic mass is 15.3. The van der Waals surface area contributed by atoms with Crippen LogP contribution in [0.15, 0.2) is 36.5 Å². The van der Waals surface area contributed by atoms with Crippen LogP contribution in [0.5, 0.6) is 0 Å². The summed E-state index contributed by atoms with van der Waals surface area (Å²) in [5.74, 6) is 0. The van der Waals surface area contributed by atoms with Crippen molar-refractivity contribution in [3.05, 3.63) is 47.8 Å². The molecule has 1 heterocycles. The van der Waals surface area contributed by atoms with Gasteiger partial charge in [-0.2, -0.15) is 5.10 Å². The molecule has 0 saturated carbocycles. The fourth-order valence-electron chi connectivity index (χ4n) is 2.02. The van der Waals surface area contributed by atoms with Gasteiger partial charge in [0.15, 0.2) is 0 Å². The van der Waals surface area contributed by atoms with E-state index >= 15 is 0 Å². The van der Waals surface area contributed by atoms with Gasteiger partial charge in [0.05, 0.1) is 11.4 Å². The quantitative estimate of drug-likeness (QED) is 0.844. The number of nitrogens with zero attached hydrogens (tertiary/aromatic N) is 2. The first kappa shape index (κ1) is 12.7. The highest BCUT2D eigenvalue weighted by Gasteiger charge is 2.03. The molecule has 0 radical (unpaired) electrons. The summed E-state index contributed by atoms with van der Waals surface area (Å²) >= 11 is 0. The van der Waals surface area contributed by atoms with Gasteiger partial charge in [0.25, 0.3) is 0 Å². The van der Waals surface area contributed by atoms with E-state index in [1.807, 2.05) is 4.68 Å². The van der Waals surface area contributed by atoms with Crippen LogP contribution in [0.25, 0.3) is 0 Å². The average molecular weight is 243 g/mol. The summed E-state index contributed by atoms with van der Waals surface area (Å²) in [5, 5.41) is 7.94. The monoisotopic (exact) mass is 243 g/mol. The number of hydrogen-bond acceptors (Lipinski definition) is 2. The minimum Gasteiger partial charge on any atom is -0.382 e. The van der Waals surface area contributed by atoms with Gasteiger partial charge in [-0.1, -0.05) is 37.3 Å². The molecule has 0 atom stereocenters. The van der Waals surface area contributed by atoms with Crippen LogP contribution in [0.2, 0.25) is 0 Å².